The highest BCUT2D eigenvalue weighted by Crippen LogP contribution is 2.24. The van der Waals surface area contributed by atoms with Crippen LogP contribution in [-0.2, 0) is 0 Å². The number of aromatic nitrogens is 1. The number of pyridine rings is 1. The third kappa shape index (κ3) is 4.18. The number of carbonyl (C=O) groups excluding carboxylic acids is 1. The maximum atomic E-state index is 12.2. The molecule has 0 bridgehead atoms. The molecule has 1 heterocycles. The average Bonchev–Trinajstić information content (AvgIpc) is 2.48. The molecule has 1 aromatic heterocycles. The Hall–Kier alpha value is -2.11. The molecule has 1 aliphatic carbocycles. The number of nitrogens with one attached hydrogen (secondary N) is 1. The molecule has 0 aromatic carbocycles. The van der Waals surface area contributed by atoms with Gasteiger partial charge in [0.15, 0.2) is 5.69 Å². The van der Waals surface area contributed by atoms with Gasteiger partial charge in [-0.3, -0.25) is 0 Å². The lowest BCUT2D eigenvalue weighted by molar-refractivity contribution is 0.0691. The Morgan fingerprint density at radius 3 is 2.76 bits per heavy atom. The smallest absolute Gasteiger partial charge is 0.356 e. The van der Waals surface area contributed by atoms with Crippen LogP contribution >= 0.6 is 0 Å². The largest absolute Gasteiger partial charge is 0.476 e. The molecule has 21 heavy (non-hydrogen) atoms. The number of carboxylic acid groups (broad SMARTS) is 1. The molecule has 0 spiro atoms. The lowest BCUT2D eigenvalue weighted by atomic mass is 9.89. The highest BCUT2D eigenvalue weighted by Gasteiger charge is 2.20. The van der Waals surface area contributed by atoms with Crippen molar-refractivity contribution in [3.8, 4) is 0 Å². The molecule has 1 fully saturated rings. The van der Waals surface area contributed by atoms with Gasteiger partial charge < -0.3 is 15.3 Å². The highest BCUT2D eigenvalue weighted by atomic mass is 16.4. The van der Waals surface area contributed by atoms with Crippen LogP contribution in [0, 0.1) is 5.92 Å². The fraction of sp³-hybridized carbons (Fsp3) is 0.533. The number of anilines is 1. The molecule has 1 aliphatic rings. The third-order valence-corrected chi connectivity index (χ3v) is 3.86. The van der Waals surface area contributed by atoms with Crippen LogP contribution in [0.25, 0.3) is 0 Å². The Bertz CT molecular complexity index is 513. The molecule has 0 radical (unpaired) electrons. The number of hydrogen-bond donors (Lipinski definition) is 2. The Labute approximate surface area is 124 Å². The monoisotopic (exact) mass is 291 g/mol. The van der Waals surface area contributed by atoms with E-state index in [2.05, 4.69) is 10.3 Å². The van der Waals surface area contributed by atoms with Crippen molar-refractivity contribution in [3.63, 3.8) is 0 Å². The van der Waals surface area contributed by atoms with Crippen LogP contribution in [0.15, 0.2) is 18.3 Å². The summed E-state index contributed by atoms with van der Waals surface area (Å²) in [5.41, 5.74) is 0.0856. The van der Waals surface area contributed by atoms with E-state index in [9.17, 15) is 9.59 Å². The first-order valence-corrected chi connectivity index (χ1v) is 7.28. The van der Waals surface area contributed by atoms with Gasteiger partial charge in [-0.05, 0) is 30.9 Å². The van der Waals surface area contributed by atoms with E-state index in [0.29, 0.717) is 12.5 Å². The van der Waals surface area contributed by atoms with Gasteiger partial charge in [0.1, 0.15) is 0 Å². The Morgan fingerprint density at radius 2 is 2.10 bits per heavy atom. The minimum absolute atomic E-state index is 0.142. The molecule has 6 heteroatoms. The summed E-state index contributed by atoms with van der Waals surface area (Å²) in [5.74, 6) is -0.608. The van der Waals surface area contributed by atoms with E-state index in [1.54, 1.807) is 24.1 Å². The Morgan fingerprint density at radius 1 is 1.38 bits per heavy atom. The second kappa shape index (κ2) is 7.06. The zero-order chi connectivity index (χ0) is 15.2. The van der Waals surface area contributed by atoms with Crippen LogP contribution in [0.5, 0.6) is 0 Å². The molecule has 0 atom stereocenters. The molecule has 6 nitrogen and oxygen atoms in total. The van der Waals surface area contributed by atoms with E-state index < -0.39 is 5.97 Å². The summed E-state index contributed by atoms with van der Waals surface area (Å²) in [6, 6.07) is 2.85. The summed E-state index contributed by atoms with van der Waals surface area (Å²) in [5, 5.41) is 11.7. The van der Waals surface area contributed by atoms with Crippen molar-refractivity contribution in [1.29, 1.82) is 0 Å². The summed E-state index contributed by atoms with van der Waals surface area (Å²) in [6.45, 7) is 0.703. The fourth-order valence-electron chi connectivity index (χ4n) is 2.73. The van der Waals surface area contributed by atoms with Crippen LogP contribution in [-0.4, -0.2) is 40.6 Å². The summed E-state index contributed by atoms with van der Waals surface area (Å²) in [7, 11) is 1.74. The SMILES string of the molecule is CN(CC1CCCCC1)C(=O)Nc1cccnc1C(=O)O. The molecule has 1 aromatic rings. The van der Waals surface area contributed by atoms with E-state index in [1.807, 2.05) is 0 Å². The zero-order valence-electron chi connectivity index (χ0n) is 12.2. The van der Waals surface area contributed by atoms with Crippen molar-refractivity contribution >= 4 is 17.7 Å². The summed E-state index contributed by atoms with van der Waals surface area (Å²) in [6.07, 6.45) is 7.45. The highest BCUT2D eigenvalue weighted by molar-refractivity contribution is 5.98. The number of carbonyl (C=O) groups is 2. The molecule has 0 unspecified atom stereocenters. The molecule has 2 N–H and O–H groups in total. The molecule has 0 aliphatic heterocycles. The van der Waals surface area contributed by atoms with Crippen molar-refractivity contribution in [1.82, 2.24) is 9.88 Å². The van der Waals surface area contributed by atoms with E-state index in [0.717, 1.165) is 12.8 Å². The van der Waals surface area contributed by atoms with Crippen molar-refractivity contribution < 1.29 is 14.7 Å². The van der Waals surface area contributed by atoms with Gasteiger partial charge in [0, 0.05) is 19.8 Å². The van der Waals surface area contributed by atoms with E-state index in [4.69, 9.17) is 5.11 Å². The predicted octanol–water partition coefficient (Wildman–Crippen LogP) is 2.82. The second-order valence-electron chi connectivity index (χ2n) is 5.52. The summed E-state index contributed by atoms with van der Waals surface area (Å²) in [4.78, 5) is 28.6. The number of urea groups is 1. The van der Waals surface area contributed by atoms with Gasteiger partial charge >= 0.3 is 12.0 Å². The van der Waals surface area contributed by atoms with Crippen LogP contribution in [0.3, 0.4) is 0 Å². The lowest BCUT2D eigenvalue weighted by Crippen LogP contribution is -2.36. The molecule has 0 saturated heterocycles. The topological polar surface area (TPSA) is 82.5 Å². The summed E-state index contributed by atoms with van der Waals surface area (Å²) < 4.78 is 0. The lowest BCUT2D eigenvalue weighted by Gasteiger charge is -2.27. The van der Waals surface area contributed by atoms with Crippen molar-refractivity contribution in [2.24, 2.45) is 5.92 Å². The van der Waals surface area contributed by atoms with Crippen molar-refractivity contribution in [3.05, 3.63) is 24.0 Å². The van der Waals surface area contributed by atoms with Gasteiger partial charge in [0.2, 0.25) is 0 Å². The average molecular weight is 291 g/mol. The number of hydrogen-bond acceptors (Lipinski definition) is 3. The summed E-state index contributed by atoms with van der Waals surface area (Å²) >= 11 is 0. The first kappa shape index (κ1) is 15.3. The van der Waals surface area contributed by atoms with Crippen molar-refractivity contribution in [2.45, 2.75) is 32.1 Å². The molecular weight excluding hydrogens is 270 g/mol. The van der Waals surface area contributed by atoms with Gasteiger partial charge in [-0.2, -0.15) is 0 Å². The molecular formula is C15H21N3O3. The number of carboxylic acids is 1. The zero-order valence-corrected chi connectivity index (χ0v) is 12.2. The fourth-order valence-corrected chi connectivity index (χ4v) is 2.73. The number of rotatable bonds is 4. The van der Waals surface area contributed by atoms with Gasteiger partial charge in [-0.15, -0.1) is 0 Å². The normalized spacial score (nSPS) is 15.5. The predicted molar refractivity (Wildman–Crippen MR) is 79.4 cm³/mol. The molecule has 2 rings (SSSR count). The van der Waals surface area contributed by atoms with E-state index in [-0.39, 0.29) is 17.4 Å². The van der Waals surface area contributed by atoms with Crippen molar-refractivity contribution in [2.75, 3.05) is 18.9 Å². The maximum absolute atomic E-state index is 12.2. The minimum Gasteiger partial charge on any atom is -0.476 e. The van der Waals surface area contributed by atoms with Crippen LogP contribution in [0.4, 0.5) is 10.5 Å². The minimum atomic E-state index is -1.15. The van der Waals surface area contributed by atoms with Gasteiger partial charge in [-0.25, -0.2) is 14.6 Å². The molecule has 2 amide bonds. The third-order valence-electron chi connectivity index (χ3n) is 3.86. The van der Waals surface area contributed by atoms with Crippen LogP contribution in [0.1, 0.15) is 42.6 Å². The number of amides is 2. The van der Waals surface area contributed by atoms with E-state index in [1.165, 1.54) is 25.5 Å². The van der Waals surface area contributed by atoms with Gasteiger partial charge in [0.25, 0.3) is 0 Å². The number of nitrogens with zero attached hydrogens (tertiary/aromatic N) is 2. The second-order valence-corrected chi connectivity index (χ2v) is 5.52. The van der Waals surface area contributed by atoms with Gasteiger partial charge in [0.05, 0.1) is 5.69 Å². The Balaban J connectivity index is 1.95. The number of aromatic carboxylic acids is 1. The van der Waals surface area contributed by atoms with Crippen LogP contribution < -0.4 is 5.32 Å². The molecule has 1 saturated carbocycles. The first-order chi connectivity index (χ1) is 10.1. The molecule has 114 valence electrons. The quantitative estimate of drug-likeness (QED) is 0.893. The first-order valence-electron chi connectivity index (χ1n) is 7.28. The van der Waals surface area contributed by atoms with E-state index >= 15 is 0 Å². The van der Waals surface area contributed by atoms with Crippen LogP contribution in [0.2, 0.25) is 0 Å². The van der Waals surface area contributed by atoms with Gasteiger partial charge in [-0.1, -0.05) is 19.3 Å². The Kier molecular flexibility index (Phi) is 5.14. The standard InChI is InChI=1S/C15H21N3O3/c1-18(10-11-6-3-2-4-7-11)15(21)17-12-8-5-9-16-13(12)14(19)20/h5,8-9,11H,2-4,6-7,10H2,1H3,(H,17,21)(H,19,20). The maximum Gasteiger partial charge on any atom is 0.356 e.